The van der Waals surface area contributed by atoms with Gasteiger partial charge in [0, 0.05) is 37.0 Å². The summed E-state index contributed by atoms with van der Waals surface area (Å²) in [4.78, 5) is 22.2. The molecule has 0 saturated carbocycles. The Morgan fingerprint density at radius 2 is 1.84 bits per heavy atom. The molecular formula is C22H19F3N4O2. The number of benzene rings is 1. The molecule has 1 saturated heterocycles. The quantitative estimate of drug-likeness (QED) is 0.666. The molecule has 0 bridgehead atoms. The molecule has 1 fully saturated rings. The highest BCUT2D eigenvalue weighted by molar-refractivity contribution is 5.99. The number of anilines is 1. The Balaban J connectivity index is 1.49. The lowest BCUT2D eigenvalue weighted by molar-refractivity contribution is -0.137. The van der Waals surface area contributed by atoms with Gasteiger partial charge >= 0.3 is 6.18 Å². The number of ether oxygens (including phenoxy) is 1. The number of nitrogens with zero attached hydrogens (tertiary/aromatic N) is 3. The molecule has 1 atom stereocenters. The number of rotatable bonds is 5. The number of aromatic nitrogens is 2. The molecule has 0 spiro atoms. The van der Waals surface area contributed by atoms with Gasteiger partial charge in [0.15, 0.2) is 0 Å². The van der Waals surface area contributed by atoms with E-state index in [1.165, 1.54) is 6.07 Å². The largest absolute Gasteiger partial charge is 0.472 e. The van der Waals surface area contributed by atoms with E-state index in [0.29, 0.717) is 30.9 Å². The highest BCUT2D eigenvalue weighted by Gasteiger charge is 2.31. The van der Waals surface area contributed by atoms with Gasteiger partial charge in [0.2, 0.25) is 5.88 Å². The summed E-state index contributed by atoms with van der Waals surface area (Å²) in [6.45, 7) is 0.962. The normalized spacial score (nSPS) is 16.4. The smallest absolute Gasteiger partial charge is 0.417 e. The second-order valence-corrected chi connectivity index (χ2v) is 7.18. The second kappa shape index (κ2) is 8.25. The van der Waals surface area contributed by atoms with E-state index in [9.17, 15) is 18.0 Å². The lowest BCUT2D eigenvalue weighted by Gasteiger charge is -2.20. The van der Waals surface area contributed by atoms with Crippen molar-refractivity contribution in [2.75, 3.05) is 18.0 Å². The SMILES string of the molecule is NC(=O)c1cc(-c2ccccc2)cnc1N1CCC(Oc2ccc(C(F)(F)F)cn2)C1. The maximum Gasteiger partial charge on any atom is 0.417 e. The lowest BCUT2D eigenvalue weighted by atomic mass is 10.1. The van der Waals surface area contributed by atoms with Crippen molar-refractivity contribution in [2.45, 2.75) is 18.7 Å². The summed E-state index contributed by atoms with van der Waals surface area (Å²) in [5, 5.41) is 0. The van der Waals surface area contributed by atoms with Crippen molar-refractivity contribution in [3.8, 4) is 17.0 Å². The lowest BCUT2D eigenvalue weighted by Crippen LogP contribution is -2.28. The Morgan fingerprint density at radius 1 is 1.06 bits per heavy atom. The van der Waals surface area contributed by atoms with Crippen molar-refractivity contribution in [1.29, 1.82) is 0 Å². The number of carbonyl (C=O) groups excluding carboxylic acids is 1. The number of hydrogen-bond donors (Lipinski definition) is 1. The molecular weight excluding hydrogens is 409 g/mol. The maximum absolute atomic E-state index is 12.7. The van der Waals surface area contributed by atoms with Gasteiger partial charge in [-0.15, -0.1) is 0 Å². The van der Waals surface area contributed by atoms with Crippen LogP contribution in [0.15, 0.2) is 60.9 Å². The van der Waals surface area contributed by atoms with Crippen molar-refractivity contribution < 1.29 is 22.7 Å². The van der Waals surface area contributed by atoms with Gasteiger partial charge in [0.25, 0.3) is 5.91 Å². The van der Waals surface area contributed by atoms with Crippen LogP contribution >= 0.6 is 0 Å². The van der Waals surface area contributed by atoms with E-state index in [1.807, 2.05) is 35.2 Å². The summed E-state index contributed by atoms with van der Waals surface area (Å²) < 4.78 is 43.7. The minimum absolute atomic E-state index is 0.113. The van der Waals surface area contributed by atoms with Crippen LogP contribution in [0.1, 0.15) is 22.3 Å². The summed E-state index contributed by atoms with van der Waals surface area (Å²) in [7, 11) is 0. The van der Waals surface area contributed by atoms with Gasteiger partial charge in [0.05, 0.1) is 17.7 Å². The molecule has 2 N–H and O–H groups in total. The average molecular weight is 428 g/mol. The van der Waals surface area contributed by atoms with Crippen LogP contribution in [0.3, 0.4) is 0 Å². The first kappa shape index (κ1) is 20.6. The first-order valence-electron chi connectivity index (χ1n) is 9.61. The topological polar surface area (TPSA) is 81.3 Å². The van der Waals surface area contributed by atoms with Gasteiger partial charge in [0.1, 0.15) is 11.9 Å². The van der Waals surface area contributed by atoms with E-state index in [0.717, 1.165) is 23.4 Å². The Kier molecular flexibility index (Phi) is 5.50. The minimum atomic E-state index is -4.45. The average Bonchev–Trinajstić information content (AvgIpc) is 3.22. The maximum atomic E-state index is 12.7. The predicted molar refractivity (Wildman–Crippen MR) is 109 cm³/mol. The highest BCUT2D eigenvalue weighted by Crippen LogP contribution is 2.31. The molecule has 1 aliphatic rings. The summed E-state index contributed by atoms with van der Waals surface area (Å²) in [6.07, 6.45) is -1.72. The fourth-order valence-corrected chi connectivity index (χ4v) is 3.48. The molecule has 1 aliphatic heterocycles. The van der Waals surface area contributed by atoms with E-state index in [4.69, 9.17) is 10.5 Å². The van der Waals surface area contributed by atoms with Crippen LogP contribution in [-0.4, -0.2) is 35.1 Å². The summed E-state index contributed by atoms with van der Waals surface area (Å²) in [5.74, 6) is -0.0184. The molecule has 4 rings (SSSR count). The zero-order valence-electron chi connectivity index (χ0n) is 16.3. The molecule has 0 aliphatic carbocycles. The number of hydrogen-bond acceptors (Lipinski definition) is 5. The van der Waals surface area contributed by atoms with Gasteiger partial charge in [-0.1, -0.05) is 30.3 Å². The first-order chi connectivity index (χ1) is 14.8. The third kappa shape index (κ3) is 4.60. The molecule has 3 aromatic rings. The molecule has 31 heavy (non-hydrogen) atoms. The van der Waals surface area contributed by atoms with Crippen LogP contribution in [0.25, 0.3) is 11.1 Å². The zero-order valence-corrected chi connectivity index (χ0v) is 16.3. The minimum Gasteiger partial charge on any atom is -0.472 e. The standard InChI is InChI=1S/C22H19F3N4O2/c23-22(24,25)16-6-7-19(27-12-16)31-17-8-9-29(13-17)21-18(20(26)30)10-15(11-28-21)14-4-2-1-3-5-14/h1-7,10-12,17H,8-9,13H2,(H2,26,30). The van der Waals surface area contributed by atoms with Gasteiger partial charge in [-0.3, -0.25) is 4.79 Å². The molecule has 2 aromatic heterocycles. The van der Waals surface area contributed by atoms with E-state index in [-0.39, 0.29) is 12.0 Å². The Hall–Kier alpha value is -3.62. The van der Waals surface area contributed by atoms with Gasteiger partial charge < -0.3 is 15.4 Å². The van der Waals surface area contributed by atoms with E-state index < -0.39 is 17.6 Å². The van der Waals surface area contributed by atoms with Gasteiger partial charge in [-0.2, -0.15) is 13.2 Å². The summed E-state index contributed by atoms with van der Waals surface area (Å²) in [6, 6.07) is 13.4. The molecule has 0 radical (unpaired) electrons. The molecule has 9 heteroatoms. The number of pyridine rings is 2. The zero-order chi connectivity index (χ0) is 22.0. The van der Waals surface area contributed by atoms with Crippen molar-refractivity contribution in [2.24, 2.45) is 5.73 Å². The van der Waals surface area contributed by atoms with Gasteiger partial charge in [-0.25, -0.2) is 9.97 Å². The van der Waals surface area contributed by atoms with Crippen LogP contribution in [0, 0.1) is 0 Å². The van der Waals surface area contributed by atoms with Crippen molar-refractivity contribution in [3.63, 3.8) is 0 Å². The van der Waals surface area contributed by atoms with Crippen LogP contribution < -0.4 is 15.4 Å². The predicted octanol–water partition coefficient (Wildman–Crippen LogP) is 3.92. The number of alkyl halides is 3. The Bertz CT molecular complexity index is 1070. The first-order valence-corrected chi connectivity index (χ1v) is 9.61. The Labute approximate surface area is 176 Å². The number of halogens is 3. The molecule has 1 aromatic carbocycles. The molecule has 6 nitrogen and oxygen atoms in total. The van der Waals surface area contributed by atoms with Crippen molar-refractivity contribution >= 4 is 11.7 Å². The fourth-order valence-electron chi connectivity index (χ4n) is 3.48. The summed E-state index contributed by atoms with van der Waals surface area (Å²) >= 11 is 0. The van der Waals surface area contributed by atoms with Crippen LogP contribution in [0.4, 0.5) is 19.0 Å². The van der Waals surface area contributed by atoms with Crippen LogP contribution in [0.2, 0.25) is 0 Å². The van der Waals surface area contributed by atoms with Gasteiger partial charge in [-0.05, 0) is 17.7 Å². The third-order valence-corrected chi connectivity index (χ3v) is 5.03. The van der Waals surface area contributed by atoms with Crippen LogP contribution in [0.5, 0.6) is 5.88 Å². The van der Waals surface area contributed by atoms with E-state index in [2.05, 4.69) is 9.97 Å². The fraction of sp³-hybridized carbons (Fsp3) is 0.227. The van der Waals surface area contributed by atoms with Crippen LogP contribution in [-0.2, 0) is 6.18 Å². The van der Waals surface area contributed by atoms with E-state index >= 15 is 0 Å². The third-order valence-electron chi connectivity index (χ3n) is 5.03. The molecule has 160 valence electrons. The molecule has 1 unspecified atom stereocenters. The van der Waals surface area contributed by atoms with Crippen molar-refractivity contribution in [1.82, 2.24) is 9.97 Å². The molecule has 3 heterocycles. The number of carbonyl (C=O) groups is 1. The highest BCUT2D eigenvalue weighted by atomic mass is 19.4. The molecule has 1 amide bonds. The number of primary amides is 1. The summed E-state index contributed by atoms with van der Waals surface area (Å²) in [5.41, 5.74) is 6.76. The Morgan fingerprint density at radius 3 is 2.48 bits per heavy atom. The second-order valence-electron chi connectivity index (χ2n) is 7.18. The van der Waals surface area contributed by atoms with Crippen molar-refractivity contribution in [3.05, 3.63) is 72.1 Å². The number of nitrogens with two attached hydrogens (primary N) is 1. The number of amides is 1. The van der Waals surface area contributed by atoms with E-state index in [1.54, 1.807) is 12.3 Å². The monoisotopic (exact) mass is 428 g/mol.